The minimum Gasteiger partial charge on any atom is -0.391 e. The first-order valence-electron chi connectivity index (χ1n) is 7.02. The van der Waals surface area contributed by atoms with E-state index in [2.05, 4.69) is 22.3 Å². The minimum absolute atomic E-state index is 0.00894. The number of hydrogen-bond acceptors (Lipinski definition) is 4. The van der Waals surface area contributed by atoms with Crippen LogP contribution in [0.25, 0.3) is 0 Å². The monoisotopic (exact) mass is 264 g/mol. The number of aliphatic hydroxyl groups is 1. The van der Waals surface area contributed by atoms with E-state index in [1.165, 1.54) is 0 Å². The highest BCUT2D eigenvalue weighted by Gasteiger charge is 2.34. The van der Waals surface area contributed by atoms with Gasteiger partial charge in [0.2, 0.25) is 5.91 Å². The van der Waals surface area contributed by atoms with Crippen molar-refractivity contribution >= 4 is 5.91 Å². The van der Waals surface area contributed by atoms with Gasteiger partial charge in [-0.15, -0.1) is 0 Å². The molecule has 0 spiro atoms. The molecule has 1 aliphatic heterocycles. The summed E-state index contributed by atoms with van der Waals surface area (Å²) >= 11 is 0. The highest BCUT2D eigenvalue weighted by Crippen LogP contribution is 2.27. The third-order valence-electron chi connectivity index (χ3n) is 4.36. The maximum Gasteiger partial charge on any atom is 0.226 e. The van der Waals surface area contributed by atoms with E-state index in [0.717, 1.165) is 37.1 Å². The quantitative estimate of drug-likeness (QED) is 0.763. The number of carbonyl (C=O) groups excluding carboxylic acids is 1. The van der Waals surface area contributed by atoms with Crippen molar-refractivity contribution < 1.29 is 9.90 Å². The highest BCUT2D eigenvalue weighted by molar-refractivity contribution is 5.80. The van der Waals surface area contributed by atoms with Gasteiger partial charge in [0.25, 0.3) is 0 Å². The summed E-state index contributed by atoms with van der Waals surface area (Å²) in [6, 6.07) is 0.231. The summed E-state index contributed by atoms with van der Waals surface area (Å²) in [5.41, 5.74) is 1.92. The van der Waals surface area contributed by atoms with Crippen LogP contribution in [0.15, 0.2) is 0 Å². The van der Waals surface area contributed by atoms with Crippen molar-refractivity contribution in [2.45, 2.75) is 51.2 Å². The molecular weight excluding hydrogens is 244 g/mol. The maximum absolute atomic E-state index is 12.6. The van der Waals surface area contributed by atoms with Gasteiger partial charge >= 0.3 is 0 Å². The van der Waals surface area contributed by atoms with Crippen molar-refractivity contribution in [3.8, 4) is 0 Å². The van der Waals surface area contributed by atoms with Crippen LogP contribution >= 0.6 is 0 Å². The van der Waals surface area contributed by atoms with E-state index in [0.29, 0.717) is 13.0 Å². The number of carbonyl (C=O) groups is 1. The summed E-state index contributed by atoms with van der Waals surface area (Å²) in [7, 11) is 0. The predicted octanol–water partition coefficient (Wildman–Crippen LogP) is 0.281. The molecule has 6 heteroatoms. The number of piperidine rings is 1. The molecule has 0 aromatic carbocycles. The normalized spacial score (nSPS) is 31.1. The van der Waals surface area contributed by atoms with Crippen molar-refractivity contribution in [2.75, 3.05) is 6.54 Å². The molecule has 3 rings (SSSR count). The Hall–Kier alpha value is -1.43. The molecule has 1 aromatic heterocycles. The Morgan fingerprint density at radius 1 is 1.32 bits per heavy atom. The fourth-order valence-electron chi connectivity index (χ4n) is 3.13. The molecule has 0 saturated carbocycles. The van der Waals surface area contributed by atoms with Crippen LogP contribution in [0.2, 0.25) is 0 Å². The minimum atomic E-state index is -0.369. The van der Waals surface area contributed by atoms with Gasteiger partial charge in [0.05, 0.1) is 17.5 Å². The average molecular weight is 264 g/mol. The summed E-state index contributed by atoms with van der Waals surface area (Å²) in [6.07, 6.45) is 3.62. The molecule has 1 fully saturated rings. The Morgan fingerprint density at radius 3 is 2.95 bits per heavy atom. The molecule has 1 saturated heterocycles. The Labute approximate surface area is 112 Å². The van der Waals surface area contributed by atoms with Gasteiger partial charge in [-0.25, -0.2) is 0 Å². The number of likely N-dealkylation sites (tertiary alicyclic amines) is 1. The number of rotatable bonds is 1. The molecule has 0 bridgehead atoms. The number of aromatic nitrogens is 3. The van der Waals surface area contributed by atoms with E-state index < -0.39 is 0 Å². The maximum atomic E-state index is 12.6. The van der Waals surface area contributed by atoms with Crippen LogP contribution < -0.4 is 0 Å². The number of H-pyrrole nitrogens is 1. The van der Waals surface area contributed by atoms with Crippen LogP contribution in [0.4, 0.5) is 0 Å². The Kier molecular flexibility index (Phi) is 3.26. The number of nitrogens with one attached hydrogen (secondary N) is 1. The molecule has 1 unspecified atom stereocenters. The second kappa shape index (κ2) is 4.92. The fraction of sp³-hybridized carbons (Fsp3) is 0.769. The van der Waals surface area contributed by atoms with E-state index in [-0.39, 0.29) is 24.0 Å². The molecule has 2 N–H and O–H groups in total. The van der Waals surface area contributed by atoms with Gasteiger partial charge in [-0.2, -0.15) is 15.4 Å². The van der Waals surface area contributed by atoms with Crippen LogP contribution in [0.1, 0.15) is 37.6 Å². The molecule has 3 atom stereocenters. The van der Waals surface area contributed by atoms with Gasteiger partial charge < -0.3 is 10.0 Å². The van der Waals surface area contributed by atoms with Crippen LogP contribution in [0, 0.1) is 5.92 Å². The number of amides is 1. The number of aromatic amines is 1. The lowest BCUT2D eigenvalue weighted by atomic mass is 9.87. The van der Waals surface area contributed by atoms with E-state index >= 15 is 0 Å². The third kappa shape index (κ3) is 2.36. The third-order valence-corrected chi connectivity index (χ3v) is 4.36. The lowest BCUT2D eigenvalue weighted by Crippen LogP contribution is -2.50. The van der Waals surface area contributed by atoms with Crippen molar-refractivity contribution in [1.29, 1.82) is 0 Å². The van der Waals surface area contributed by atoms with Crippen LogP contribution in [-0.2, 0) is 17.6 Å². The largest absolute Gasteiger partial charge is 0.391 e. The van der Waals surface area contributed by atoms with Crippen LogP contribution in [0.5, 0.6) is 0 Å². The first-order chi connectivity index (χ1) is 9.15. The van der Waals surface area contributed by atoms with E-state index in [9.17, 15) is 9.90 Å². The molecule has 104 valence electrons. The predicted molar refractivity (Wildman–Crippen MR) is 68.3 cm³/mol. The molecule has 1 aromatic rings. The lowest BCUT2D eigenvalue weighted by Gasteiger charge is -2.38. The molecule has 19 heavy (non-hydrogen) atoms. The Balaban J connectivity index is 1.71. The zero-order valence-electron chi connectivity index (χ0n) is 11.2. The fourth-order valence-corrected chi connectivity index (χ4v) is 3.13. The smallest absolute Gasteiger partial charge is 0.226 e. The molecule has 0 radical (unpaired) electrons. The highest BCUT2D eigenvalue weighted by atomic mass is 16.3. The summed E-state index contributed by atoms with van der Waals surface area (Å²) in [5.74, 6) is 0.158. The SMILES string of the molecule is C[C@@H]1CC[C@H](O)CN1C(=O)C1CCc2n[nH]nc2C1. The summed E-state index contributed by atoms with van der Waals surface area (Å²) in [6.45, 7) is 2.54. The molecule has 6 nitrogen and oxygen atoms in total. The van der Waals surface area contributed by atoms with Crippen molar-refractivity contribution in [1.82, 2.24) is 20.3 Å². The molecule has 1 aliphatic carbocycles. The Morgan fingerprint density at radius 2 is 2.11 bits per heavy atom. The van der Waals surface area contributed by atoms with E-state index in [4.69, 9.17) is 0 Å². The first-order valence-corrected chi connectivity index (χ1v) is 7.02. The van der Waals surface area contributed by atoms with Gasteiger partial charge in [-0.05, 0) is 32.6 Å². The number of hydrogen-bond donors (Lipinski definition) is 2. The molecule has 1 amide bonds. The van der Waals surface area contributed by atoms with Gasteiger partial charge in [-0.1, -0.05) is 0 Å². The van der Waals surface area contributed by atoms with Gasteiger partial charge in [-0.3, -0.25) is 4.79 Å². The Bertz CT molecular complexity index is 473. The number of aliphatic hydroxyl groups excluding tert-OH is 1. The van der Waals surface area contributed by atoms with Crippen LogP contribution in [-0.4, -0.2) is 50.0 Å². The second-order valence-corrected chi connectivity index (χ2v) is 5.73. The first kappa shape index (κ1) is 12.6. The van der Waals surface area contributed by atoms with Gasteiger partial charge in [0.1, 0.15) is 0 Å². The number of β-amino-alcohol motifs (C(OH)–C–C–N with tert-alkyl or cyclic N) is 1. The topological polar surface area (TPSA) is 82.1 Å². The summed E-state index contributed by atoms with van der Waals surface area (Å²) in [4.78, 5) is 14.4. The molecule has 2 aliphatic rings. The van der Waals surface area contributed by atoms with E-state index in [1.807, 2.05) is 4.90 Å². The van der Waals surface area contributed by atoms with Crippen molar-refractivity contribution in [3.05, 3.63) is 11.4 Å². The molecular formula is C13H20N4O2. The standard InChI is InChI=1S/C13H20N4O2/c1-8-2-4-10(18)7-17(8)13(19)9-3-5-11-12(6-9)15-16-14-11/h8-10,18H,2-7H2,1H3,(H,14,15,16)/t8-,9?,10+/m1/s1. The zero-order chi connectivity index (χ0) is 13.4. The number of fused-ring (bicyclic) bond motifs is 1. The zero-order valence-corrected chi connectivity index (χ0v) is 11.2. The van der Waals surface area contributed by atoms with Crippen molar-refractivity contribution in [2.24, 2.45) is 5.92 Å². The van der Waals surface area contributed by atoms with Gasteiger partial charge in [0.15, 0.2) is 0 Å². The number of nitrogens with zero attached hydrogens (tertiary/aromatic N) is 3. The molecule has 2 heterocycles. The van der Waals surface area contributed by atoms with Crippen molar-refractivity contribution in [3.63, 3.8) is 0 Å². The summed E-state index contributed by atoms with van der Waals surface area (Å²) in [5, 5.41) is 20.6. The van der Waals surface area contributed by atoms with Gasteiger partial charge in [0, 0.05) is 24.9 Å². The van der Waals surface area contributed by atoms with Crippen LogP contribution in [0.3, 0.4) is 0 Å². The average Bonchev–Trinajstić information content (AvgIpc) is 2.88. The van der Waals surface area contributed by atoms with E-state index in [1.54, 1.807) is 0 Å². The second-order valence-electron chi connectivity index (χ2n) is 5.73. The summed E-state index contributed by atoms with van der Waals surface area (Å²) < 4.78 is 0. The number of aryl methyl sites for hydroxylation is 1. The lowest BCUT2D eigenvalue weighted by molar-refractivity contribution is -0.142.